The van der Waals surface area contributed by atoms with Crippen LogP contribution < -0.4 is 0 Å². The molecule has 0 amide bonds. The third-order valence-corrected chi connectivity index (χ3v) is 5.91. The van der Waals surface area contributed by atoms with E-state index < -0.39 is 6.40 Å². The lowest BCUT2D eigenvalue weighted by molar-refractivity contribution is -0.115. The summed E-state index contributed by atoms with van der Waals surface area (Å²) in [5, 5.41) is 11.5. The van der Waals surface area contributed by atoms with E-state index in [-0.39, 0.29) is 28.1 Å². The molecule has 0 saturated carbocycles. The number of Topliss-reactive ketones (excluding diaryl/α,β-unsaturated/α-hetero) is 1. The molecule has 0 heterocycles. The highest BCUT2D eigenvalue weighted by Crippen LogP contribution is 2.41. The van der Waals surface area contributed by atoms with Crippen LogP contribution in [0.2, 0.25) is 0 Å². The third-order valence-electron chi connectivity index (χ3n) is 4.88. The molecule has 1 aromatic carbocycles. The van der Waals surface area contributed by atoms with Crippen LogP contribution in [0.4, 0.5) is 0 Å². The Morgan fingerprint density at radius 1 is 1.07 bits per heavy atom. The SMILES string of the molecule is [2H]C(Cc1cc(C(C)(C)C)c(O)c(C(C)(C)C)c1)C(=O)C1=C(Cl)C(Cl)=C(C)C1. The van der Waals surface area contributed by atoms with E-state index in [0.29, 0.717) is 22.8 Å². The molecule has 148 valence electrons. The van der Waals surface area contributed by atoms with Gasteiger partial charge in [-0.2, -0.15) is 0 Å². The van der Waals surface area contributed by atoms with Gasteiger partial charge in [0, 0.05) is 13.3 Å². The minimum absolute atomic E-state index is 0.256. The maximum atomic E-state index is 12.8. The highest BCUT2D eigenvalue weighted by Gasteiger charge is 2.27. The lowest BCUT2D eigenvalue weighted by atomic mass is 9.78. The lowest BCUT2D eigenvalue weighted by Crippen LogP contribution is -2.18. The van der Waals surface area contributed by atoms with Crippen LogP contribution in [0.1, 0.15) is 79.3 Å². The monoisotopic (exact) mass is 409 g/mol. The van der Waals surface area contributed by atoms with Crippen LogP contribution in [0.5, 0.6) is 5.75 Å². The second-order valence-corrected chi connectivity index (χ2v) is 10.1. The first-order valence-electron chi connectivity index (χ1n) is 9.80. The Morgan fingerprint density at radius 2 is 1.56 bits per heavy atom. The van der Waals surface area contributed by atoms with Gasteiger partial charge < -0.3 is 5.11 Å². The van der Waals surface area contributed by atoms with Crippen LogP contribution in [0, 0.1) is 0 Å². The smallest absolute Gasteiger partial charge is 0.161 e. The summed E-state index contributed by atoms with van der Waals surface area (Å²) in [5.74, 6) is 0.00690. The summed E-state index contributed by atoms with van der Waals surface area (Å²) in [6, 6.07) is 3.83. The molecule has 4 heteroatoms. The average Bonchev–Trinajstić information content (AvgIpc) is 2.80. The molecule has 1 aliphatic carbocycles. The van der Waals surface area contributed by atoms with Crippen molar-refractivity contribution in [3.8, 4) is 5.75 Å². The zero-order chi connectivity index (χ0) is 21.6. The highest BCUT2D eigenvalue weighted by atomic mass is 35.5. The number of hydrogen-bond donors (Lipinski definition) is 1. The molecule has 2 rings (SSSR count). The molecule has 0 radical (unpaired) electrons. The maximum absolute atomic E-state index is 12.8. The van der Waals surface area contributed by atoms with Crippen LogP contribution in [0.3, 0.4) is 0 Å². The Hall–Kier alpha value is -1.25. The number of aryl methyl sites for hydroxylation is 1. The van der Waals surface area contributed by atoms with Gasteiger partial charge in [-0.3, -0.25) is 4.79 Å². The van der Waals surface area contributed by atoms with Gasteiger partial charge in [0.05, 0.1) is 10.1 Å². The number of allylic oxidation sites excluding steroid dienone is 4. The van der Waals surface area contributed by atoms with E-state index in [1.807, 2.05) is 60.6 Å². The van der Waals surface area contributed by atoms with E-state index in [1.165, 1.54) is 0 Å². The molecule has 1 unspecified atom stereocenters. The van der Waals surface area contributed by atoms with Crippen molar-refractivity contribution in [3.05, 3.63) is 50.0 Å². The summed E-state index contributed by atoms with van der Waals surface area (Å²) in [5.41, 5.74) is 3.29. The second-order valence-electron chi connectivity index (χ2n) is 9.38. The fourth-order valence-corrected chi connectivity index (χ4v) is 3.73. The maximum Gasteiger partial charge on any atom is 0.161 e. The quantitative estimate of drug-likeness (QED) is 0.586. The zero-order valence-corrected chi connectivity index (χ0v) is 18.8. The van der Waals surface area contributed by atoms with Gasteiger partial charge in [-0.05, 0) is 52.9 Å². The molecule has 0 saturated heterocycles. The van der Waals surface area contributed by atoms with Gasteiger partial charge in [0.15, 0.2) is 5.78 Å². The van der Waals surface area contributed by atoms with Gasteiger partial charge in [-0.15, -0.1) is 0 Å². The van der Waals surface area contributed by atoms with Gasteiger partial charge in [-0.25, -0.2) is 0 Å². The van der Waals surface area contributed by atoms with Crippen LogP contribution in [0.15, 0.2) is 33.3 Å². The van der Waals surface area contributed by atoms with Crippen LogP contribution in [0.25, 0.3) is 0 Å². The van der Waals surface area contributed by atoms with Gasteiger partial charge in [0.25, 0.3) is 0 Å². The largest absolute Gasteiger partial charge is 0.507 e. The first kappa shape index (κ1) is 20.5. The molecule has 1 N–H and O–H groups in total. The van der Waals surface area contributed by atoms with E-state index in [0.717, 1.165) is 22.3 Å². The fraction of sp³-hybridized carbons (Fsp3) is 0.522. The van der Waals surface area contributed by atoms with Crippen molar-refractivity contribution in [2.24, 2.45) is 0 Å². The third kappa shape index (κ3) is 4.78. The molecule has 0 aliphatic heterocycles. The molecule has 0 fully saturated rings. The molecule has 0 bridgehead atoms. The number of ketones is 1. The number of rotatable bonds is 4. The number of carbonyl (C=O) groups is 1. The highest BCUT2D eigenvalue weighted by molar-refractivity contribution is 6.46. The van der Waals surface area contributed by atoms with Gasteiger partial charge >= 0.3 is 0 Å². The minimum atomic E-state index is -0.968. The molecular formula is C23H30Cl2O2. The van der Waals surface area contributed by atoms with E-state index in [4.69, 9.17) is 24.6 Å². The summed E-state index contributed by atoms with van der Waals surface area (Å²) < 4.78 is 8.44. The number of phenols is 1. The number of halogens is 2. The number of hydrogen-bond acceptors (Lipinski definition) is 2. The Balaban J connectivity index is 2.40. The predicted molar refractivity (Wildman–Crippen MR) is 115 cm³/mol. The molecule has 1 aromatic rings. The summed E-state index contributed by atoms with van der Waals surface area (Å²) in [6.45, 7) is 14.1. The van der Waals surface area contributed by atoms with Crippen molar-refractivity contribution < 1.29 is 11.3 Å². The number of benzene rings is 1. The van der Waals surface area contributed by atoms with Crippen LogP contribution in [-0.4, -0.2) is 10.9 Å². The van der Waals surface area contributed by atoms with Crippen molar-refractivity contribution in [1.82, 2.24) is 0 Å². The molecule has 0 aromatic heterocycles. The zero-order valence-electron chi connectivity index (χ0n) is 18.3. The first-order valence-corrected chi connectivity index (χ1v) is 9.97. The average molecular weight is 410 g/mol. The number of phenolic OH excluding ortho intramolecular Hbond substituents is 1. The lowest BCUT2D eigenvalue weighted by Gasteiger charge is -2.28. The van der Waals surface area contributed by atoms with Crippen molar-refractivity contribution in [2.75, 3.05) is 0 Å². The fourth-order valence-electron chi connectivity index (χ4n) is 3.22. The van der Waals surface area contributed by atoms with Gasteiger partial charge in [0.1, 0.15) is 5.75 Å². The predicted octanol–water partition coefficient (Wildman–Crippen LogP) is 6.90. The standard InChI is InChI=1S/C23H30Cl2O2/c1-13-10-15(20(25)19(13)24)18(26)9-8-14-11-16(22(2,3)4)21(27)17(12-14)23(5,6)7/h11-12,27H,8-10H2,1-7H3/i9D. The molecule has 27 heavy (non-hydrogen) atoms. The van der Waals surface area contributed by atoms with E-state index in [2.05, 4.69) is 0 Å². The summed E-state index contributed by atoms with van der Waals surface area (Å²) in [6.07, 6.45) is -0.304. The number of carbonyl (C=O) groups excluding carboxylic acids is 1. The Morgan fingerprint density at radius 3 is 1.93 bits per heavy atom. The van der Waals surface area contributed by atoms with Gasteiger partial charge in [-0.1, -0.05) is 76.9 Å². The van der Waals surface area contributed by atoms with Crippen molar-refractivity contribution in [1.29, 1.82) is 0 Å². The Labute approximate surface area is 174 Å². The van der Waals surface area contributed by atoms with E-state index in [1.54, 1.807) is 0 Å². The normalized spacial score (nSPS) is 17.4. The van der Waals surface area contributed by atoms with Crippen molar-refractivity contribution in [3.63, 3.8) is 0 Å². The van der Waals surface area contributed by atoms with Gasteiger partial charge in [0.2, 0.25) is 0 Å². The Kier molecular flexibility index (Phi) is 5.80. The molecular weight excluding hydrogens is 379 g/mol. The van der Waals surface area contributed by atoms with Crippen LogP contribution in [-0.2, 0) is 22.0 Å². The second kappa shape index (κ2) is 7.64. The molecule has 0 spiro atoms. The topological polar surface area (TPSA) is 37.3 Å². The molecule has 2 nitrogen and oxygen atoms in total. The first-order chi connectivity index (χ1) is 12.6. The van der Waals surface area contributed by atoms with E-state index in [9.17, 15) is 9.90 Å². The number of aromatic hydroxyl groups is 1. The van der Waals surface area contributed by atoms with Crippen molar-refractivity contribution >= 4 is 29.0 Å². The van der Waals surface area contributed by atoms with Crippen molar-refractivity contribution in [2.45, 2.75) is 78.5 Å². The summed E-state index contributed by atoms with van der Waals surface area (Å²) in [7, 11) is 0. The molecule has 1 atom stereocenters. The molecule has 1 aliphatic rings. The van der Waals surface area contributed by atoms with E-state index >= 15 is 0 Å². The summed E-state index contributed by atoms with van der Waals surface area (Å²) in [4.78, 5) is 12.8. The minimum Gasteiger partial charge on any atom is -0.507 e. The Bertz CT molecular complexity index is 833. The van der Waals surface area contributed by atoms with Crippen LogP contribution >= 0.6 is 23.2 Å². The summed E-state index contributed by atoms with van der Waals surface area (Å²) >= 11 is 12.3.